The number of thiophene rings is 1. The molecular formula is C11H10N2OS. The molecule has 76 valence electrons. The van der Waals surface area contributed by atoms with Gasteiger partial charge in [0.05, 0.1) is 0 Å². The average molecular weight is 218 g/mol. The Morgan fingerprint density at radius 2 is 2.47 bits per heavy atom. The summed E-state index contributed by atoms with van der Waals surface area (Å²) in [5.41, 5.74) is 0.185. The van der Waals surface area contributed by atoms with Crippen molar-refractivity contribution in [3.63, 3.8) is 0 Å². The molecule has 0 bridgehead atoms. The van der Waals surface area contributed by atoms with Gasteiger partial charge in [-0.3, -0.25) is 4.79 Å². The highest BCUT2D eigenvalue weighted by Gasteiger charge is 2.24. The van der Waals surface area contributed by atoms with Crippen LogP contribution < -0.4 is 5.32 Å². The lowest BCUT2D eigenvalue weighted by atomic mass is 10.2. The number of carbonyl (C=O) groups excluding carboxylic acids is 1. The Morgan fingerprint density at radius 3 is 3.00 bits per heavy atom. The molecule has 1 aliphatic carbocycles. The second-order valence-electron chi connectivity index (χ2n) is 3.43. The van der Waals surface area contributed by atoms with Crippen molar-refractivity contribution in [2.45, 2.75) is 18.9 Å². The van der Waals surface area contributed by atoms with E-state index in [1.165, 1.54) is 11.3 Å². The van der Waals surface area contributed by atoms with Crippen LogP contribution in [0.25, 0.3) is 6.08 Å². The van der Waals surface area contributed by atoms with Gasteiger partial charge in [-0.15, -0.1) is 11.3 Å². The number of nitrogens with zero attached hydrogens (tertiary/aromatic N) is 1. The minimum atomic E-state index is -0.256. The van der Waals surface area contributed by atoms with E-state index >= 15 is 0 Å². The van der Waals surface area contributed by atoms with E-state index in [1.54, 1.807) is 6.08 Å². The molecular weight excluding hydrogens is 208 g/mol. The molecule has 1 aliphatic rings. The van der Waals surface area contributed by atoms with Gasteiger partial charge in [0.1, 0.15) is 11.6 Å². The summed E-state index contributed by atoms with van der Waals surface area (Å²) in [5, 5.41) is 13.6. The number of nitriles is 1. The molecule has 1 heterocycles. The summed E-state index contributed by atoms with van der Waals surface area (Å²) in [6.07, 6.45) is 3.69. The normalized spacial score (nSPS) is 15.8. The Bertz CT molecular complexity index is 424. The Morgan fingerprint density at radius 1 is 1.67 bits per heavy atom. The molecule has 0 saturated heterocycles. The summed E-state index contributed by atoms with van der Waals surface area (Å²) >= 11 is 1.51. The van der Waals surface area contributed by atoms with E-state index in [9.17, 15) is 4.79 Å². The molecule has 0 atom stereocenters. The number of hydrogen-bond acceptors (Lipinski definition) is 3. The maximum absolute atomic E-state index is 11.6. The van der Waals surface area contributed by atoms with Crippen molar-refractivity contribution in [1.29, 1.82) is 5.26 Å². The molecule has 1 amide bonds. The topological polar surface area (TPSA) is 52.9 Å². The summed E-state index contributed by atoms with van der Waals surface area (Å²) < 4.78 is 0. The largest absolute Gasteiger partial charge is 0.349 e. The van der Waals surface area contributed by atoms with Crippen LogP contribution in [0.4, 0.5) is 0 Å². The zero-order valence-corrected chi connectivity index (χ0v) is 8.88. The van der Waals surface area contributed by atoms with Gasteiger partial charge in [-0.1, -0.05) is 6.07 Å². The highest BCUT2D eigenvalue weighted by Crippen LogP contribution is 2.20. The molecule has 0 radical (unpaired) electrons. The third-order valence-electron chi connectivity index (χ3n) is 2.11. The van der Waals surface area contributed by atoms with Crippen LogP contribution in [-0.2, 0) is 4.79 Å². The van der Waals surface area contributed by atoms with Gasteiger partial charge in [0.15, 0.2) is 0 Å². The van der Waals surface area contributed by atoms with E-state index < -0.39 is 0 Å². The fourth-order valence-corrected chi connectivity index (χ4v) is 1.81. The van der Waals surface area contributed by atoms with Gasteiger partial charge >= 0.3 is 0 Å². The first-order chi connectivity index (χ1) is 7.29. The Hall–Kier alpha value is -1.60. The van der Waals surface area contributed by atoms with Crippen molar-refractivity contribution in [1.82, 2.24) is 5.32 Å². The highest BCUT2D eigenvalue weighted by molar-refractivity contribution is 7.10. The monoisotopic (exact) mass is 218 g/mol. The minimum Gasteiger partial charge on any atom is -0.349 e. The second kappa shape index (κ2) is 4.28. The maximum atomic E-state index is 11.6. The summed E-state index contributed by atoms with van der Waals surface area (Å²) in [6, 6.07) is 5.99. The third kappa shape index (κ3) is 2.67. The van der Waals surface area contributed by atoms with Crippen LogP contribution >= 0.6 is 11.3 Å². The van der Waals surface area contributed by atoms with E-state index in [4.69, 9.17) is 5.26 Å². The Labute approximate surface area is 92.0 Å². The van der Waals surface area contributed by atoms with Gasteiger partial charge < -0.3 is 5.32 Å². The highest BCUT2D eigenvalue weighted by atomic mass is 32.1. The van der Waals surface area contributed by atoms with Crippen LogP contribution in [-0.4, -0.2) is 11.9 Å². The van der Waals surface area contributed by atoms with Crippen molar-refractivity contribution in [2.24, 2.45) is 0 Å². The van der Waals surface area contributed by atoms with E-state index in [0.29, 0.717) is 0 Å². The number of carbonyl (C=O) groups is 1. The van der Waals surface area contributed by atoms with Crippen LogP contribution in [0.5, 0.6) is 0 Å². The first-order valence-corrected chi connectivity index (χ1v) is 5.64. The third-order valence-corrected chi connectivity index (χ3v) is 2.93. The lowest BCUT2D eigenvalue weighted by molar-refractivity contribution is -0.117. The summed E-state index contributed by atoms with van der Waals surface area (Å²) in [6.45, 7) is 0. The fourth-order valence-electron chi connectivity index (χ4n) is 1.16. The Kier molecular flexibility index (Phi) is 2.84. The summed E-state index contributed by atoms with van der Waals surface area (Å²) in [4.78, 5) is 12.5. The molecule has 0 aromatic carbocycles. The molecule has 0 unspecified atom stereocenters. The molecule has 1 N–H and O–H groups in total. The average Bonchev–Trinajstić information content (AvgIpc) is 2.89. The molecule has 1 fully saturated rings. The van der Waals surface area contributed by atoms with Crippen LogP contribution in [0.1, 0.15) is 17.7 Å². The van der Waals surface area contributed by atoms with Gasteiger partial charge in [0.2, 0.25) is 0 Å². The van der Waals surface area contributed by atoms with Crippen molar-refractivity contribution in [3.05, 3.63) is 28.0 Å². The van der Waals surface area contributed by atoms with Crippen molar-refractivity contribution >= 4 is 23.3 Å². The standard InChI is InChI=1S/C11H10N2OS/c12-7-8(6-10-2-1-5-15-10)11(14)13-9-3-4-9/h1-2,5-6,9H,3-4H2,(H,13,14). The van der Waals surface area contributed by atoms with Gasteiger partial charge in [0, 0.05) is 10.9 Å². The van der Waals surface area contributed by atoms with Crippen molar-refractivity contribution < 1.29 is 4.79 Å². The SMILES string of the molecule is N#CC(=Cc1cccs1)C(=O)NC1CC1. The van der Waals surface area contributed by atoms with Gasteiger partial charge in [-0.05, 0) is 30.4 Å². The lowest BCUT2D eigenvalue weighted by Crippen LogP contribution is -2.26. The zero-order valence-electron chi connectivity index (χ0n) is 8.06. The van der Waals surface area contributed by atoms with E-state index in [1.807, 2.05) is 23.6 Å². The molecule has 3 nitrogen and oxygen atoms in total. The van der Waals surface area contributed by atoms with Crippen LogP contribution in [0.2, 0.25) is 0 Å². The minimum absolute atomic E-state index is 0.185. The zero-order chi connectivity index (χ0) is 10.7. The van der Waals surface area contributed by atoms with Crippen molar-refractivity contribution in [3.8, 4) is 6.07 Å². The number of amides is 1. The Balaban J connectivity index is 2.09. The fraction of sp³-hybridized carbons (Fsp3) is 0.273. The van der Waals surface area contributed by atoms with Crippen LogP contribution in [0.3, 0.4) is 0 Å². The predicted molar refractivity (Wildman–Crippen MR) is 59.1 cm³/mol. The first kappa shape index (κ1) is 9.94. The van der Waals surface area contributed by atoms with Crippen LogP contribution in [0.15, 0.2) is 23.1 Å². The molecule has 0 aliphatic heterocycles. The number of rotatable bonds is 3. The van der Waals surface area contributed by atoms with E-state index in [0.717, 1.165) is 17.7 Å². The van der Waals surface area contributed by atoms with Gasteiger partial charge in [-0.25, -0.2) is 0 Å². The molecule has 15 heavy (non-hydrogen) atoms. The molecule has 4 heteroatoms. The predicted octanol–water partition coefficient (Wildman–Crippen LogP) is 1.93. The molecule has 0 spiro atoms. The molecule has 2 rings (SSSR count). The number of hydrogen-bond donors (Lipinski definition) is 1. The van der Waals surface area contributed by atoms with Crippen molar-refractivity contribution in [2.75, 3.05) is 0 Å². The quantitative estimate of drug-likeness (QED) is 0.622. The first-order valence-electron chi connectivity index (χ1n) is 4.76. The van der Waals surface area contributed by atoms with Crippen LogP contribution in [0, 0.1) is 11.3 Å². The smallest absolute Gasteiger partial charge is 0.262 e. The summed E-state index contributed by atoms with van der Waals surface area (Å²) in [5.74, 6) is -0.256. The van der Waals surface area contributed by atoms with E-state index in [2.05, 4.69) is 5.32 Å². The van der Waals surface area contributed by atoms with E-state index in [-0.39, 0.29) is 17.5 Å². The van der Waals surface area contributed by atoms with Gasteiger partial charge in [0.25, 0.3) is 5.91 Å². The maximum Gasteiger partial charge on any atom is 0.262 e. The molecule has 1 aromatic heterocycles. The molecule has 1 saturated carbocycles. The number of nitrogens with one attached hydrogen (secondary N) is 1. The summed E-state index contributed by atoms with van der Waals surface area (Å²) in [7, 11) is 0. The molecule has 1 aromatic rings. The second-order valence-corrected chi connectivity index (χ2v) is 4.41. The van der Waals surface area contributed by atoms with Gasteiger partial charge in [-0.2, -0.15) is 5.26 Å². The lowest BCUT2D eigenvalue weighted by Gasteiger charge is -1.99.